The molecule has 2 rings (SSSR count). The summed E-state index contributed by atoms with van der Waals surface area (Å²) in [5.41, 5.74) is 5.34. The van der Waals surface area contributed by atoms with Crippen molar-refractivity contribution < 1.29 is 14.4 Å². The van der Waals surface area contributed by atoms with Crippen molar-refractivity contribution in [2.24, 2.45) is 10.9 Å². The highest BCUT2D eigenvalue weighted by atomic mass is 35.5. The van der Waals surface area contributed by atoms with E-state index < -0.39 is 11.8 Å². The summed E-state index contributed by atoms with van der Waals surface area (Å²) in [7, 11) is 0. The summed E-state index contributed by atoms with van der Waals surface area (Å²) in [5.74, 6) is -0.938. The number of oxime groups is 1. The molecule has 1 aromatic carbocycles. The van der Waals surface area contributed by atoms with Crippen LogP contribution in [-0.2, 0) is 9.59 Å². The van der Waals surface area contributed by atoms with Gasteiger partial charge in [-0.05, 0) is 12.1 Å². The molecule has 0 atom stereocenters. The van der Waals surface area contributed by atoms with Crippen molar-refractivity contribution in [1.82, 2.24) is 4.98 Å². The van der Waals surface area contributed by atoms with Crippen molar-refractivity contribution >= 4 is 45.6 Å². The largest absolute Gasteiger partial charge is 0.364 e. The van der Waals surface area contributed by atoms with Gasteiger partial charge in [0, 0.05) is 5.38 Å². The summed E-state index contributed by atoms with van der Waals surface area (Å²) >= 11 is 6.50. The van der Waals surface area contributed by atoms with E-state index in [1.54, 1.807) is 24.3 Å². The number of thiazole rings is 1. The molecule has 0 radical (unpaired) electrons. The molecule has 0 fully saturated rings. The number of hydrogen-bond acceptors (Lipinski definition) is 6. The summed E-state index contributed by atoms with van der Waals surface area (Å²) < 4.78 is 0. The molecular formula is C13H11ClN4O3S. The Morgan fingerprint density at radius 3 is 2.73 bits per heavy atom. The molecule has 1 heterocycles. The Morgan fingerprint density at radius 2 is 2.09 bits per heavy atom. The number of halogens is 1. The lowest BCUT2D eigenvalue weighted by molar-refractivity contribution is -0.114. The standard InChI is InChI=1S/C13H11ClN4O3S/c14-6-10(19)17-13-16-9(7-22-13)11(12(15)20)18-21-8-4-2-1-3-5-8/h1-5,7H,6H2,(H2,15,20)(H,16,17,19). The zero-order chi connectivity index (χ0) is 15.9. The average molecular weight is 339 g/mol. The van der Waals surface area contributed by atoms with E-state index in [4.69, 9.17) is 22.2 Å². The summed E-state index contributed by atoms with van der Waals surface area (Å²) in [6, 6.07) is 8.69. The third-order valence-corrected chi connectivity index (χ3v) is 3.33. The summed E-state index contributed by atoms with van der Waals surface area (Å²) in [5, 5.41) is 8.01. The maximum atomic E-state index is 11.5. The van der Waals surface area contributed by atoms with Crippen LogP contribution in [0.1, 0.15) is 5.69 Å². The molecule has 0 unspecified atom stereocenters. The van der Waals surface area contributed by atoms with Gasteiger partial charge in [-0.1, -0.05) is 23.4 Å². The minimum absolute atomic E-state index is 0.147. The topological polar surface area (TPSA) is 107 Å². The Kier molecular flexibility index (Phi) is 5.45. The lowest BCUT2D eigenvalue weighted by Gasteiger charge is -2.00. The van der Waals surface area contributed by atoms with Crippen LogP contribution in [0.3, 0.4) is 0 Å². The molecule has 22 heavy (non-hydrogen) atoms. The van der Waals surface area contributed by atoms with Gasteiger partial charge in [0.2, 0.25) is 5.91 Å². The zero-order valence-electron chi connectivity index (χ0n) is 11.2. The highest BCUT2D eigenvalue weighted by molar-refractivity contribution is 7.14. The van der Waals surface area contributed by atoms with Gasteiger partial charge in [-0.15, -0.1) is 22.9 Å². The van der Waals surface area contributed by atoms with E-state index in [2.05, 4.69) is 15.5 Å². The van der Waals surface area contributed by atoms with E-state index in [0.29, 0.717) is 5.75 Å². The van der Waals surface area contributed by atoms with Gasteiger partial charge in [0.25, 0.3) is 5.91 Å². The van der Waals surface area contributed by atoms with Crippen LogP contribution in [0.5, 0.6) is 5.75 Å². The number of anilines is 1. The fourth-order valence-corrected chi connectivity index (χ4v) is 2.17. The maximum Gasteiger partial charge on any atom is 0.273 e. The van der Waals surface area contributed by atoms with Crippen LogP contribution >= 0.6 is 22.9 Å². The van der Waals surface area contributed by atoms with Gasteiger partial charge in [-0.2, -0.15) is 0 Å². The second-order valence-electron chi connectivity index (χ2n) is 3.93. The van der Waals surface area contributed by atoms with Crippen LogP contribution in [0, 0.1) is 0 Å². The fraction of sp³-hybridized carbons (Fsp3) is 0.0769. The molecule has 114 valence electrons. The molecule has 3 N–H and O–H groups in total. The van der Waals surface area contributed by atoms with Crippen LogP contribution < -0.4 is 15.9 Å². The minimum Gasteiger partial charge on any atom is -0.364 e. The van der Waals surface area contributed by atoms with Crippen molar-refractivity contribution in [3.63, 3.8) is 0 Å². The van der Waals surface area contributed by atoms with E-state index in [-0.39, 0.29) is 22.4 Å². The number of para-hydroxylation sites is 1. The van der Waals surface area contributed by atoms with Crippen molar-refractivity contribution in [2.45, 2.75) is 0 Å². The molecule has 0 aliphatic carbocycles. The summed E-state index contributed by atoms with van der Waals surface area (Å²) in [6.45, 7) is 0. The van der Waals surface area contributed by atoms with Crippen LogP contribution in [-0.4, -0.2) is 28.4 Å². The number of carbonyl (C=O) groups is 2. The lowest BCUT2D eigenvalue weighted by Crippen LogP contribution is -2.25. The van der Waals surface area contributed by atoms with Crippen LogP contribution in [0.2, 0.25) is 0 Å². The number of nitrogens with zero attached hydrogens (tertiary/aromatic N) is 2. The van der Waals surface area contributed by atoms with E-state index >= 15 is 0 Å². The average Bonchev–Trinajstić information content (AvgIpc) is 2.96. The minimum atomic E-state index is -0.795. The van der Waals surface area contributed by atoms with Crippen LogP contribution in [0.15, 0.2) is 40.9 Å². The smallest absolute Gasteiger partial charge is 0.273 e. The van der Waals surface area contributed by atoms with E-state index in [1.807, 2.05) is 6.07 Å². The highest BCUT2D eigenvalue weighted by Crippen LogP contribution is 2.17. The molecule has 7 nitrogen and oxygen atoms in total. The monoisotopic (exact) mass is 338 g/mol. The molecular weight excluding hydrogens is 328 g/mol. The first kappa shape index (κ1) is 15.9. The van der Waals surface area contributed by atoms with Gasteiger partial charge in [-0.3, -0.25) is 9.59 Å². The number of aromatic nitrogens is 1. The Labute approximate surface area is 134 Å². The van der Waals surface area contributed by atoms with Gasteiger partial charge in [0.1, 0.15) is 11.6 Å². The number of benzene rings is 1. The van der Waals surface area contributed by atoms with E-state index in [0.717, 1.165) is 11.3 Å². The van der Waals surface area contributed by atoms with Gasteiger partial charge in [-0.25, -0.2) is 4.98 Å². The van der Waals surface area contributed by atoms with E-state index in [9.17, 15) is 9.59 Å². The molecule has 0 spiro atoms. The Hall–Kier alpha value is -2.45. The molecule has 0 saturated heterocycles. The maximum absolute atomic E-state index is 11.5. The second kappa shape index (κ2) is 7.53. The quantitative estimate of drug-likeness (QED) is 0.473. The molecule has 2 aromatic rings. The number of alkyl halides is 1. The number of primary amides is 1. The predicted octanol–water partition coefficient (Wildman–Crippen LogP) is 1.59. The first-order valence-corrected chi connectivity index (χ1v) is 7.43. The highest BCUT2D eigenvalue weighted by Gasteiger charge is 2.16. The summed E-state index contributed by atoms with van der Waals surface area (Å²) in [6.07, 6.45) is 0. The zero-order valence-corrected chi connectivity index (χ0v) is 12.7. The van der Waals surface area contributed by atoms with Gasteiger partial charge in [0.05, 0.1) is 0 Å². The first-order valence-electron chi connectivity index (χ1n) is 6.01. The molecule has 0 aliphatic rings. The summed E-state index contributed by atoms with van der Waals surface area (Å²) in [4.78, 5) is 31.8. The number of rotatable bonds is 6. The number of nitrogens with two attached hydrogens (primary N) is 1. The SMILES string of the molecule is NC(=O)C(=NOc1ccccc1)c1csc(NC(=O)CCl)n1. The van der Waals surface area contributed by atoms with Crippen LogP contribution in [0.4, 0.5) is 5.13 Å². The Morgan fingerprint density at radius 1 is 1.36 bits per heavy atom. The molecule has 0 saturated carbocycles. The molecule has 0 bridgehead atoms. The molecule has 9 heteroatoms. The van der Waals surface area contributed by atoms with E-state index in [1.165, 1.54) is 5.38 Å². The lowest BCUT2D eigenvalue weighted by atomic mass is 10.3. The number of nitrogens with one attached hydrogen (secondary N) is 1. The third kappa shape index (κ3) is 4.27. The van der Waals surface area contributed by atoms with Crippen molar-refractivity contribution in [3.05, 3.63) is 41.4 Å². The second-order valence-corrected chi connectivity index (χ2v) is 5.05. The number of hydrogen-bond donors (Lipinski definition) is 2. The predicted molar refractivity (Wildman–Crippen MR) is 84.3 cm³/mol. The molecule has 1 aromatic heterocycles. The van der Waals surface area contributed by atoms with Crippen molar-refractivity contribution in [3.8, 4) is 5.75 Å². The Bertz CT molecular complexity index is 702. The van der Waals surface area contributed by atoms with Gasteiger partial charge >= 0.3 is 0 Å². The van der Waals surface area contributed by atoms with Crippen molar-refractivity contribution in [1.29, 1.82) is 0 Å². The normalized spacial score (nSPS) is 11.0. The van der Waals surface area contributed by atoms with Crippen LogP contribution in [0.25, 0.3) is 0 Å². The number of carbonyl (C=O) groups excluding carboxylic acids is 2. The van der Waals surface area contributed by atoms with Crippen molar-refractivity contribution in [2.75, 3.05) is 11.2 Å². The van der Waals surface area contributed by atoms with Gasteiger partial charge in [0.15, 0.2) is 16.6 Å². The number of amides is 2. The first-order chi connectivity index (χ1) is 10.6. The van der Waals surface area contributed by atoms with Gasteiger partial charge < -0.3 is 15.9 Å². The molecule has 2 amide bonds. The molecule has 0 aliphatic heterocycles. The fourth-order valence-electron chi connectivity index (χ4n) is 1.39. The third-order valence-electron chi connectivity index (χ3n) is 2.33. The Balaban J connectivity index is 2.18.